The molecule has 0 aliphatic carbocycles. The molecule has 0 aromatic heterocycles. The molecule has 0 radical (unpaired) electrons. The van der Waals surface area contributed by atoms with Crippen molar-refractivity contribution >= 4 is 5.69 Å². The monoisotopic (exact) mass is 201 g/mol. The Balaban J connectivity index is 2.22. The Kier molecular flexibility index (Phi) is 3.10. The van der Waals surface area contributed by atoms with E-state index in [2.05, 4.69) is 48.7 Å². The fourth-order valence-electron chi connectivity index (χ4n) is 2.40. The van der Waals surface area contributed by atoms with Crippen LogP contribution in [-0.4, -0.2) is 12.6 Å². The number of benzene rings is 1. The zero-order chi connectivity index (χ0) is 10.7. The predicted octanol–water partition coefficient (Wildman–Crippen LogP) is 3.40. The third-order valence-electron chi connectivity index (χ3n) is 3.18. The van der Waals surface area contributed by atoms with Crippen molar-refractivity contribution in [2.45, 2.75) is 32.2 Å². The summed E-state index contributed by atoms with van der Waals surface area (Å²) in [5, 5.41) is 0. The molecule has 80 valence electrons. The second-order valence-corrected chi connectivity index (χ2v) is 4.16. The van der Waals surface area contributed by atoms with E-state index in [0.717, 1.165) is 6.54 Å². The van der Waals surface area contributed by atoms with Crippen LogP contribution in [0.3, 0.4) is 0 Å². The zero-order valence-electron chi connectivity index (χ0n) is 9.45. The number of anilines is 1. The first-order valence-corrected chi connectivity index (χ1v) is 5.84. The second-order valence-electron chi connectivity index (χ2n) is 4.16. The Hall–Kier alpha value is -1.24. The van der Waals surface area contributed by atoms with E-state index >= 15 is 0 Å². The molecular formula is C14H19N. The summed E-state index contributed by atoms with van der Waals surface area (Å²) in [6.07, 6.45) is 5.70. The van der Waals surface area contributed by atoms with Gasteiger partial charge in [-0.1, -0.05) is 37.6 Å². The molecule has 1 aliphatic rings. The molecule has 0 unspecified atom stereocenters. The molecule has 0 saturated carbocycles. The van der Waals surface area contributed by atoms with Gasteiger partial charge in [-0.2, -0.15) is 0 Å². The Morgan fingerprint density at radius 1 is 1.47 bits per heavy atom. The Bertz CT molecular complexity index is 343. The number of rotatable bonds is 4. The average Bonchev–Trinajstić information content (AvgIpc) is 2.70. The quantitative estimate of drug-likeness (QED) is 0.675. The molecule has 0 bridgehead atoms. The highest BCUT2D eigenvalue weighted by Crippen LogP contribution is 2.30. The molecule has 15 heavy (non-hydrogen) atoms. The SMILES string of the molecule is C=C[C@@H](CCC)N1CCc2ccccc21. The molecule has 1 aliphatic heterocycles. The van der Waals surface area contributed by atoms with Gasteiger partial charge in [0.15, 0.2) is 0 Å². The minimum absolute atomic E-state index is 0.513. The lowest BCUT2D eigenvalue weighted by Gasteiger charge is -2.27. The third-order valence-corrected chi connectivity index (χ3v) is 3.18. The summed E-state index contributed by atoms with van der Waals surface area (Å²) in [6.45, 7) is 7.34. The lowest BCUT2D eigenvalue weighted by atomic mass is 10.1. The van der Waals surface area contributed by atoms with E-state index in [1.165, 1.54) is 30.5 Å². The number of nitrogens with zero attached hydrogens (tertiary/aromatic N) is 1. The number of hydrogen-bond acceptors (Lipinski definition) is 1. The van der Waals surface area contributed by atoms with Crippen LogP contribution < -0.4 is 4.90 Å². The Morgan fingerprint density at radius 2 is 2.27 bits per heavy atom. The standard InChI is InChI=1S/C14H19N/c1-3-7-13(4-2)15-11-10-12-8-5-6-9-14(12)15/h4-6,8-9,13H,2-3,7,10-11H2,1H3/t13-/m0/s1. The zero-order valence-corrected chi connectivity index (χ0v) is 9.45. The summed E-state index contributed by atoms with van der Waals surface area (Å²) in [5.41, 5.74) is 2.90. The van der Waals surface area contributed by atoms with Crippen LogP contribution in [-0.2, 0) is 6.42 Å². The predicted molar refractivity (Wildman–Crippen MR) is 66.4 cm³/mol. The van der Waals surface area contributed by atoms with Crippen molar-refractivity contribution in [3.63, 3.8) is 0 Å². The number of para-hydroxylation sites is 1. The number of fused-ring (bicyclic) bond motifs is 1. The fourth-order valence-corrected chi connectivity index (χ4v) is 2.40. The van der Waals surface area contributed by atoms with Crippen molar-refractivity contribution in [1.29, 1.82) is 0 Å². The first-order valence-electron chi connectivity index (χ1n) is 5.84. The summed E-state index contributed by atoms with van der Waals surface area (Å²) < 4.78 is 0. The van der Waals surface area contributed by atoms with Crippen molar-refractivity contribution in [1.82, 2.24) is 0 Å². The smallest absolute Gasteiger partial charge is 0.0470 e. The Morgan fingerprint density at radius 3 is 3.00 bits per heavy atom. The highest BCUT2D eigenvalue weighted by Gasteiger charge is 2.22. The highest BCUT2D eigenvalue weighted by atomic mass is 15.2. The van der Waals surface area contributed by atoms with Gasteiger partial charge in [0.2, 0.25) is 0 Å². The van der Waals surface area contributed by atoms with Gasteiger partial charge in [-0.05, 0) is 24.5 Å². The molecule has 1 nitrogen and oxygen atoms in total. The van der Waals surface area contributed by atoms with Crippen molar-refractivity contribution in [3.8, 4) is 0 Å². The maximum Gasteiger partial charge on any atom is 0.0470 e. The lowest BCUT2D eigenvalue weighted by Crippen LogP contribution is -2.31. The van der Waals surface area contributed by atoms with Gasteiger partial charge in [-0.15, -0.1) is 6.58 Å². The van der Waals surface area contributed by atoms with Crippen molar-refractivity contribution in [2.75, 3.05) is 11.4 Å². The molecule has 0 fully saturated rings. The van der Waals surface area contributed by atoms with Crippen LogP contribution in [0.2, 0.25) is 0 Å². The van der Waals surface area contributed by atoms with E-state index in [9.17, 15) is 0 Å². The van der Waals surface area contributed by atoms with E-state index in [1.807, 2.05) is 0 Å². The van der Waals surface area contributed by atoms with Crippen LogP contribution in [0.15, 0.2) is 36.9 Å². The summed E-state index contributed by atoms with van der Waals surface area (Å²) in [5.74, 6) is 0. The average molecular weight is 201 g/mol. The number of hydrogen-bond donors (Lipinski definition) is 0. The van der Waals surface area contributed by atoms with Gasteiger partial charge in [0.05, 0.1) is 0 Å². The first-order chi connectivity index (χ1) is 7.36. The van der Waals surface area contributed by atoms with Gasteiger partial charge in [-0.25, -0.2) is 0 Å². The Labute approximate surface area is 92.4 Å². The molecule has 0 amide bonds. The molecule has 2 rings (SSSR count). The summed E-state index contributed by atoms with van der Waals surface area (Å²) in [4.78, 5) is 2.49. The van der Waals surface area contributed by atoms with E-state index in [0.29, 0.717) is 6.04 Å². The van der Waals surface area contributed by atoms with Gasteiger partial charge in [0.1, 0.15) is 0 Å². The maximum absolute atomic E-state index is 3.96. The highest BCUT2D eigenvalue weighted by molar-refractivity contribution is 5.59. The largest absolute Gasteiger partial charge is 0.365 e. The van der Waals surface area contributed by atoms with Gasteiger partial charge in [0, 0.05) is 18.3 Å². The van der Waals surface area contributed by atoms with Crippen molar-refractivity contribution in [2.24, 2.45) is 0 Å². The van der Waals surface area contributed by atoms with Gasteiger partial charge in [0.25, 0.3) is 0 Å². The van der Waals surface area contributed by atoms with Gasteiger partial charge in [-0.3, -0.25) is 0 Å². The molecule has 1 aromatic rings. The van der Waals surface area contributed by atoms with Crippen LogP contribution in [0.1, 0.15) is 25.3 Å². The lowest BCUT2D eigenvalue weighted by molar-refractivity contribution is 0.641. The normalized spacial score (nSPS) is 16.2. The molecule has 1 heterocycles. The van der Waals surface area contributed by atoms with E-state index < -0.39 is 0 Å². The van der Waals surface area contributed by atoms with E-state index in [4.69, 9.17) is 0 Å². The minimum atomic E-state index is 0.513. The van der Waals surface area contributed by atoms with Crippen LogP contribution in [0.25, 0.3) is 0 Å². The third kappa shape index (κ3) is 1.92. The molecule has 1 atom stereocenters. The molecule has 0 N–H and O–H groups in total. The van der Waals surface area contributed by atoms with Crippen LogP contribution in [0, 0.1) is 0 Å². The first kappa shape index (κ1) is 10.3. The summed E-state index contributed by atoms with van der Waals surface area (Å²) in [6, 6.07) is 9.24. The second kappa shape index (κ2) is 4.52. The van der Waals surface area contributed by atoms with Crippen molar-refractivity contribution < 1.29 is 0 Å². The minimum Gasteiger partial charge on any atom is -0.365 e. The summed E-state index contributed by atoms with van der Waals surface area (Å²) in [7, 11) is 0. The van der Waals surface area contributed by atoms with E-state index in [1.54, 1.807) is 0 Å². The molecule has 0 spiro atoms. The molecule has 1 heteroatoms. The topological polar surface area (TPSA) is 3.24 Å². The maximum atomic E-state index is 3.96. The fraction of sp³-hybridized carbons (Fsp3) is 0.429. The van der Waals surface area contributed by atoms with Crippen LogP contribution in [0.4, 0.5) is 5.69 Å². The van der Waals surface area contributed by atoms with E-state index in [-0.39, 0.29) is 0 Å². The van der Waals surface area contributed by atoms with Crippen LogP contribution >= 0.6 is 0 Å². The van der Waals surface area contributed by atoms with Gasteiger partial charge < -0.3 is 4.90 Å². The molecular weight excluding hydrogens is 182 g/mol. The molecule has 1 aromatic carbocycles. The molecule has 0 saturated heterocycles. The van der Waals surface area contributed by atoms with Crippen molar-refractivity contribution in [3.05, 3.63) is 42.5 Å². The van der Waals surface area contributed by atoms with Crippen LogP contribution in [0.5, 0.6) is 0 Å². The van der Waals surface area contributed by atoms with Gasteiger partial charge >= 0.3 is 0 Å². The summed E-state index contributed by atoms with van der Waals surface area (Å²) >= 11 is 0.